The van der Waals surface area contributed by atoms with Crippen molar-refractivity contribution in [3.63, 3.8) is 0 Å². The van der Waals surface area contributed by atoms with Gasteiger partial charge in [-0.2, -0.15) is 0 Å². The molecular formula is C7H6O2S. The largest absolute Gasteiger partial charge is 0.468 e. The van der Waals surface area contributed by atoms with E-state index >= 15 is 0 Å². The Morgan fingerprint density at radius 2 is 2.50 bits per heavy atom. The standard InChI is InChI=1S/C7H6O2S/c1-8-7-4-6-5(9-7)2-3-10-6/h2-4H,1H3. The molecule has 0 aromatic carbocycles. The molecule has 0 N–H and O–H groups in total. The summed E-state index contributed by atoms with van der Waals surface area (Å²) in [7, 11) is 1.60. The molecule has 3 heteroatoms. The van der Waals surface area contributed by atoms with E-state index in [1.807, 2.05) is 17.5 Å². The summed E-state index contributed by atoms with van der Waals surface area (Å²) in [5.74, 6) is 0.585. The molecule has 0 bridgehead atoms. The van der Waals surface area contributed by atoms with Gasteiger partial charge in [0.25, 0.3) is 5.95 Å². The fraction of sp³-hybridized carbons (Fsp3) is 0.143. The van der Waals surface area contributed by atoms with Crippen molar-refractivity contribution in [3.05, 3.63) is 17.5 Å². The monoisotopic (exact) mass is 154 g/mol. The van der Waals surface area contributed by atoms with E-state index in [9.17, 15) is 0 Å². The Bertz CT molecular complexity index is 305. The topological polar surface area (TPSA) is 22.4 Å². The molecule has 0 unspecified atom stereocenters. The SMILES string of the molecule is COc1cc2sccc2o1. The maximum atomic E-state index is 5.25. The molecule has 0 amide bonds. The molecule has 2 rings (SSSR count). The van der Waals surface area contributed by atoms with Crippen LogP contribution in [-0.2, 0) is 0 Å². The summed E-state index contributed by atoms with van der Waals surface area (Å²) in [6.07, 6.45) is 0. The van der Waals surface area contributed by atoms with Gasteiger partial charge in [-0.25, -0.2) is 0 Å². The van der Waals surface area contributed by atoms with Crippen molar-refractivity contribution < 1.29 is 9.15 Å². The van der Waals surface area contributed by atoms with Gasteiger partial charge < -0.3 is 9.15 Å². The minimum absolute atomic E-state index is 0.585. The van der Waals surface area contributed by atoms with Crippen molar-refractivity contribution in [2.45, 2.75) is 0 Å². The van der Waals surface area contributed by atoms with E-state index in [2.05, 4.69) is 0 Å². The van der Waals surface area contributed by atoms with Gasteiger partial charge in [0.1, 0.15) is 5.58 Å². The average molecular weight is 154 g/mol. The van der Waals surface area contributed by atoms with Crippen molar-refractivity contribution >= 4 is 21.6 Å². The molecular weight excluding hydrogens is 148 g/mol. The van der Waals surface area contributed by atoms with E-state index in [0.717, 1.165) is 10.3 Å². The molecule has 0 aliphatic carbocycles. The maximum absolute atomic E-state index is 5.25. The van der Waals surface area contributed by atoms with Crippen LogP contribution in [0.2, 0.25) is 0 Å². The molecule has 0 aliphatic heterocycles. The number of fused-ring (bicyclic) bond motifs is 1. The zero-order valence-electron chi connectivity index (χ0n) is 5.46. The van der Waals surface area contributed by atoms with Crippen molar-refractivity contribution in [1.29, 1.82) is 0 Å². The highest BCUT2D eigenvalue weighted by Gasteiger charge is 2.02. The average Bonchev–Trinajstić information content (AvgIpc) is 2.42. The Labute approximate surface area is 62.0 Å². The lowest BCUT2D eigenvalue weighted by Crippen LogP contribution is -1.75. The molecule has 10 heavy (non-hydrogen) atoms. The fourth-order valence-corrected chi connectivity index (χ4v) is 1.57. The second kappa shape index (κ2) is 2.02. The zero-order chi connectivity index (χ0) is 6.97. The van der Waals surface area contributed by atoms with E-state index in [1.165, 1.54) is 0 Å². The van der Waals surface area contributed by atoms with Gasteiger partial charge in [-0.1, -0.05) is 0 Å². The summed E-state index contributed by atoms with van der Waals surface area (Å²) in [6, 6.07) is 3.82. The van der Waals surface area contributed by atoms with Gasteiger partial charge in [0.05, 0.1) is 11.8 Å². The molecule has 0 saturated heterocycles. The van der Waals surface area contributed by atoms with Crippen LogP contribution < -0.4 is 4.74 Å². The summed E-state index contributed by atoms with van der Waals surface area (Å²) >= 11 is 1.65. The van der Waals surface area contributed by atoms with E-state index in [1.54, 1.807) is 18.4 Å². The van der Waals surface area contributed by atoms with Crippen LogP contribution in [0.15, 0.2) is 21.9 Å². The molecule has 0 radical (unpaired) electrons. The van der Waals surface area contributed by atoms with Crippen LogP contribution in [0.3, 0.4) is 0 Å². The summed E-state index contributed by atoms with van der Waals surface area (Å²) < 4.78 is 11.3. The first-order chi connectivity index (χ1) is 4.90. The van der Waals surface area contributed by atoms with Crippen molar-refractivity contribution in [2.24, 2.45) is 0 Å². The molecule has 0 aliphatic rings. The molecule has 0 fully saturated rings. The third-order valence-electron chi connectivity index (χ3n) is 1.32. The van der Waals surface area contributed by atoms with Gasteiger partial charge in [-0.15, -0.1) is 11.3 Å². The van der Waals surface area contributed by atoms with E-state index in [4.69, 9.17) is 9.15 Å². The van der Waals surface area contributed by atoms with Gasteiger partial charge >= 0.3 is 0 Å². The molecule has 2 aromatic rings. The van der Waals surface area contributed by atoms with E-state index in [-0.39, 0.29) is 0 Å². The van der Waals surface area contributed by atoms with Gasteiger partial charge in [0.2, 0.25) is 0 Å². The van der Waals surface area contributed by atoms with Crippen LogP contribution in [0.1, 0.15) is 0 Å². The number of thiophene rings is 1. The summed E-state index contributed by atoms with van der Waals surface area (Å²) in [5, 5.41) is 1.99. The lowest BCUT2D eigenvalue weighted by molar-refractivity contribution is 0.316. The van der Waals surface area contributed by atoms with Gasteiger partial charge in [0, 0.05) is 6.07 Å². The number of hydrogen-bond acceptors (Lipinski definition) is 3. The quantitative estimate of drug-likeness (QED) is 0.629. The molecule has 2 heterocycles. The smallest absolute Gasteiger partial charge is 0.286 e. The Morgan fingerprint density at radius 1 is 1.60 bits per heavy atom. The fourth-order valence-electron chi connectivity index (χ4n) is 0.844. The molecule has 0 spiro atoms. The van der Waals surface area contributed by atoms with Crippen LogP contribution in [0, 0.1) is 0 Å². The summed E-state index contributed by atoms with van der Waals surface area (Å²) in [5.41, 5.74) is 0.904. The van der Waals surface area contributed by atoms with Crippen LogP contribution in [0.4, 0.5) is 0 Å². The Hall–Kier alpha value is -0.960. The number of hydrogen-bond donors (Lipinski definition) is 0. The van der Waals surface area contributed by atoms with Crippen LogP contribution in [0.25, 0.3) is 10.3 Å². The summed E-state index contributed by atoms with van der Waals surface area (Å²) in [6.45, 7) is 0. The highest BCUT2D eigenvalue weighted by Crippen LogP contribution is 2.28. The van der Waals surface area contributed by atoms with Gasteiger partial charge in [0.15, 0.2) is 0 Å². The number of furan rings is 1. The van der Waals surface area contributed by atoms with Crippen molar-refractivity contribution in [1.82, 2.24) is 0 Å². The second-order valence-corrected chi connectivity index (χ2v) is 2.87. The van der Waals surface area contributed by atoms with Crippen molar-refractivity contribution in [3.8, 4) is 5.95 Å². The molecule has 2 nitrogen and oxygen atoms in total. The first-order valence-corrected chi connectivity index (χ1v) is 3.79. The van der Waals surface area contributed by atoms with Crippen LogP contribution in [-0.4, -0.2) is 7.11 Å². The predicted octanol–water partition coefficient (Wildman–Crippen LogP) is 2.50. The normalized spacial score (nSPS) is 10.5. The number of ether oxygens (including phenoxy) is 1. The second-order valence-electron chi connectivity index (χ2n) is 1.92. The number of methoxy groups -OCH3 is 1. The highest BCUT2D eigenvalue weighted by atomic mass is 32.1. The Kier molecular flexibility index (Phi) is 1.17. The number of rotatable bonds is 1. The van der Waals surface area contributed by atoms with Crippen LogP contribution >= 0.6 is 11.3 Å². The summed E-state index contributed by atoms with van der Waals surface area (Å²) in [4.78, 5) is 0. The minimum Gasteiger partial charge on any atom is -0.468 e. The Morgan fingerprint density at radius 3 is 3.20 bits per heavy atom. The molecule has 0 atom stereocenters. The predicted molar refractivity (Wildman–Crippen MR) is 40.6 cm³/mol. The first-order valence-electron chi connectivity index (χ1n) is 2.91. The highest BCUT2D eigenvalue weighted by molar-refractivity contribution is 7.17. The zero-order valence-corrected chi connectivity index (χ0v) is 6.27. The lowest BCUT2D eigenvalue weighted by Gasteiger charge is -1.86. The minimum atomic E-state index is 0.585. The first kappa shape index (κ1) is 5.80. The molecule has 0 saturated carbocycles. The molecule has 52 valence electrons. The van der Waals surface area contributed by atoms with Crippen molar-refractivity contribution in [2.75, 3.05) is 7.11 Å². The maximum Gasteiger partial charge on any atom is 0.286 e. The Balaban J connectivity index is 2.67. The lowest BCUT2D eigenvalue weighted by atomic mass is 10.5. The third kappa shape index (κ3) is 0.708. The third-order valence-corrected chi connectivity index (χ3v) is 2.16. The molecule has 2 aromatic heterocycles. The van der Waals surface area contributed by atoms with E-state index < -0.39 is 0 Å². The van der Waals surface area contributed by atoms with Gasteiger partial charge in [-0.05, 0) is 11.4 Å². The van der Waals surface area contributed by atoms with E-state index in [0.29, 0.717) is 5.95 Å². The van der Waals surface area contributed by atoms with Crippen LogP contribution in [0.5, 0.6) is 5.95 Å². The van der Waals surface area contributed by atoms with Gasteiger partial charge in [-0.3, -0.25) is 0 Å².